The van der Waals surface area contributed by atoms with Crippen LogP contribution in [0.2, 0.25) is 0 Å². The van der Waals surface area contributed by atoms with Crippen molar-refractivity contribution in [3.8, 4) is 0 Å². The molecule has 0 bridgehead atoms. The van der Waals surface area contributed by atoms with Crippen LogP contribution in [0.3, 0.4) is 0 Å². The van der Waals surface area contributed by atoms with Crippen molar-refractivity contribution in [1.29, 1.82) is 0 Å². The summed E-state index contributed by atoms with van der Waals surface area (Å²) in [5, 5.41) is 4.86. The SMILES string of the molecule is CC(C)OCCCCCCS(N)(=O)=O. The molecule has 0 aromatic carbocycles. The molecule has 0 aliphatic rings. The predicted molar refractivity (Wildman–Crippen MR) is 57.5 cm³/mol. The van der Waals surface area contributed by atoms with E-state index in [4.69, 9.17) is 9.88 Å². The molecule has 5 heteroatoms. The summed E-state index contributed by atoms with van der Waals surface area (Å²) in [6.07, 6.45) is 3.82. The summed E-state index contributed by atoms with van der Waals surface area (Å²) >= 11 is 0. The van der Waals surface area contributed by atoms with E-state index in [0.29, 0.717) is 6.42 Å². The topological polar surface area (TPSA) is 69.4 Å². The smallest absolute Gasteiger partial charge is 0.209 e. The van der Waals surface area contributed by atoms with Gasteiger partial charge in [-0.05, 0) is 26.7 Å². The number of primary sulfonamides is 1. The quantitative estimate of drug-likeness (QED) is 0.630. The third kappa shape index (κ3) is 11.9. The summed E-state index contributed by atoms with van der Waals surface area (Å²) in [6, 6.07) is 0. The van der Waals surface area contributed by atoms with Crippen molar-refractivity contribution >= 4 is 10.0 Å². The number of hydrogen-bond donors (Lipinski definition) is 1. The number of hydrogen-bond acceptors (Lipinski definition) is 3. The van der Waals surface area contributed by atoms with Gasteiger partial charge < -0.3 is 4.74 Å². The lowest BCUT2D eigenvalue weighted by atomic mass is 10.2. The maximum atomic E-state index is 10.6. The molecule has 0 aromatic heterocycles. The molecule has 4 nitrogen and oxygen atoms in total. The zero-order valence-electron chi connectivity index (χ0n) is 9.03. The van der Waals surface area contributed by atoms with Crippen molar-refractivity contribution in [3.05, 3.63) is 0 Å². The van der Waals surface area contributed by atoms with Crippen molar-refractivity contribution < 1.29 is 13.2 Å². The highest BCUT2D eigenvalue weighted by molar-refractivity contribution is 7.89. The van der Waals surface area contributed by atoms with Crippen molar-refractivity contribution in [1.82, 2.24) is 0 Å². The Morgan fingerprint density at radius 3 is 2.21 bits per heavy atom. The van der Waals surface area contributed by atoms with Crippen molar-refractivity contribution in [3.63, 3.8) is 0 Å². The van der Waals surface area contributed by atoms with Crippen LogP contribution in [0.25, 0.3) is 0 Å². The van der Waals surface area contributed by atoms with Gasteiger partial charge in [0.1, 0.15) is 0 Å². The van der Waals surface area contributed by atoms with E-state index in [1.165, 1.54) is 0 Å². The third-order valence-corrected chi connectivity index (χ3v) is 2.63. The Kier molecular flexibility index (Phi) is 7.13. The van der Waals surface area contributed by atoms with Crippen molar-refractivity contribution in [2.24, 2.45) is 5.14 Å². The first-order valence-electron chi connectivity index (χ1n) is 5.04. The summed E-state index contributed by atoms with van der Waals surface area (Å²) in [7, 11) is -3.26. The maximum absolute atomic E-state index is 10.6. The lowest BCUT2D eigenvalue weighted by molar-refractivity contribution is 0.0757. The highest BCUT2D eigenvalue weighted by Crippen LogP contribution is 2.02. The fourth-order valence-electron chi connectivity index (χ4n) is 1.08. The summed E-state index contributed by atoms with van der Waals surface area (Å²) in [4.78, 5) is 0. The number of rotatable bonds is 8. The minimum Gasteiger partial charge on any atom is -0.379 e. The summed E-state index contributed by atoms with van der Waals surface area (Å²) < 4.78 is 26.5. The van der Waals surface area contributed by atoms with Gasteiger partial charge in [-0.25, -0.2) is 13.6 Å². The van der Waals surface area contributed by atoms with E-state index in [1.807, 2.05) is 13.8 Å². The normalized spacial score (nSPS) is 12.3. The molecule has 0 aliphatic carbocycles. The molecule has 0 saturated heterocycles. The number of unbranched alkanes of at least 4 members (excludes halogenated alkanes) is 3. The molecule has 0 aliphatic heterocycles. The molecule has 0 aromatic rings. The molecule has 0 saturated carbocycles. The fraction of sp³-hybridized carbons (Fsp3) is 1.00. The molecule has 2 N–H and O–H groups in total. The van der Waals surface area contributed by atoms with Crippen LogP contribution >= 0.6 is 0 Å². The molecule has 0 fully saturated rings. The lowest BCUT2D eigenvalue weighted by Gasteiger charge is -2.06. The zero-order valence-corrected chi connectivity index (χ0v) is 9.85. The van der Waals surface area contributed by atoms with Gasteiger partial charge in [0, 0.05) is 6.61 Å². The molecule has 0 rings (SSSR count). The molecule has 0 unspecified atom stereocenters. The van der Waals surface area contributed by atoms with Gasteiger partial charge in [0.25, 0.3) is 0 Å². The first-order chi connectivity index (χ1) is 6.42. The minimum absolute atomic E-state index is 0.0953. The monoisotopic (exact) mass is 223 g/mol. The van der Waals surface area contributed by atoms with E-state index in [-0.39, 0.29) is 11.9 Å². The molecular weight excluding hydrogens is 202 g/mol. The second-order valence-electron chi connectivity index (χ2n) is 3.70. The van der Waals surface area contributed by atoms with Gasteiger partial charge >= 0.3 is 0 Å². The van der Waals surface area contributed by atoms with E-state index < -0.39 is 10.0 Å². The molecule has 0 radical (unpaired) electrons. The van der Waals surface area contributed by atoms with E-state index in [2.05, 4.69) is 0 Å². The molecule has 86 valence electrons. The van der Waals surface area contributed by atoms with E-state index >= 15 is 0 Å². The fourth-order valence-corrected chi connectivity index (χ4v) is 1.68. The first-order valence-corrected chi connectivity index (χ1v) is 6.75. The Hall–Kier alpha value is -0.130. The Labute approximate surface area is 86.9 Å². The van der Waals surface area contributed by atoms with Crippen LogP contribution in [0, 0.1) is 0 Å². The minimum atomic E-state index is -3.26. The first kappa shape index (κ1) is 13.9. The van der Waals surface area contributed by atoms with Gasteiger partial charge in [0.15, 0.2) is 0 Å². The average molecular weight is 223 g/mol. The number of nitrogens with two attached hydrogens (primary N) is 1. The summed E-state index contributed by atoms with van der Waals surface area (Å²) in [5.74, 6) is 0.0953. The lowest BCUT2D eigenvalue weighted by Crippen LogP contribution is -2.16. The molecule has 0 amide bonds. The maximum Gasteiger partial charge on any atom is 0.209 e. The summed E-state index contributed by atoms with van der Waals surface area (Å²) in [6.45, 7) is 4.76. The zero-order chi connectivity index (χ0) is 11.0. The number of sulfonamides is 1. The van der Waals surface area contributed by atoms with Crippen LogP contribution in [-0.4, -0.2) is 26.9 Å². The van der Waals surface area contributed by atoms with Gasteiger partial charge in [-0.2, -0.15) is 0 Å². The standard InChI is InChI=1S/C9H21NO3S/c1-9(2)13-7-5-3-4-6-8-14(10,11)12/h9H,3-8H2,1-2H3,(H2,10,11,12). The van der Waals surface area contributed by atoms with Crippen LogP contribution < -0.4 is 5.14 Å². The van der Waals surface area contributed by atoms with Crippen molar-refractivity contribution in [2.75, 3.05) is 12.4 Å². The number of ether oxygens (including phenoxy) is 1. The van der Waals surface area contributed by atoms with Crippen molar-refractivity contribution in [2.45, 2.75) is 45.6 Å². The summed E-state index contributed by atoms with van der Waals surface area (Å²) in [5.41, 5.74) is 0. The highest BCUT2D eigenvalue weighted by atomic mass is 32.2. The molecule has 0 heterocycles. The van der Waals surface area contributed by atoms with Gasteiger partial charge in [-0.15, -0.1) is 0 Å². The molecule has 0 atom stereocenters. The average Bonchev–Trinajstić information content (AvgIpc) is 2.00. The van der Waals surface area contributed by atoms with Gasteiger partial charge in [0.05, 0.1) is 11.9 Å². The third-order valence-electron chi connectivity index (χ3n) is 1.77. The Morgan fingerprint density at radius 2 is 1.71 bits per heavy atom. The van der Waals surface area contributed by atoms with E-state index in [9.17, 15) is 8.42 Å². The Morgan fingerprint density at radius 1 is 1.14 bits per heavy atom. The van der Waals surface area contributed by atoms with Gasteiger partial charge in [-0.3, -0.25) is 0 Å². The van der Waals surface area contributed by atoms with Crippen LogP contribution in [0.5, 0.6) is 0 Å². The van der Waals surface area contributed by atoms with Crippen LogP contribution in [0.1, 0.15) is 39.5 Å². The second kappa shape index (κ2) is 7.20. The second-order valence-corrected chi connectivity index (χ2v) is 5.43. The van der Waals surface area contributed by atoms with Crippen LogP contribution in [-0.2, 0) is 14.8 Å². The van der Waals surface area contributed by atoms with E-state index in [0.717, 1.165) is 25.9 Å². The molecule has 0 spiro atoms. The Balaban J connectivity index is 3.15. The Bertz CT molecular complexity index is 224. The highest BCUT2D eigenvalue weighted by Gasteiger charge is 2.01. The van der Waals surface area contributed by atoms with Gasteiger partial charge in [-0.1, -0.05) is 12.8 Å². The van der Waals surface area contributed by atoms with Crippen LogP contribution in [0.4, 0.5) is 0 Å². The largest absolute Gasteiger partial charge is 0.379 e. The predicted octanol–water partition coefficient (Wildman–Crippen LogP) is 1.26. The molecule has 14 heavy (non-hydrogen) atoms. The van der Waals surface area contributed by atoms with Gasteiger partial charge in [0.2, 0.25) is 10.0 Å². The molecular formula is C9H21NO3S. The van der Waals surface area contributed by atoms with E-state index in [1.54, 1.807) is 0 Å². The van der Waals surface area contributed by atoms with Crippen LogP contribution in [0.15, 0.2) is 0 Å².